The fourth-order valence-corrected chi connectivity index (χ4v) is 2.43. The van der Waals surface area contributed by atoms with E-state index in [-0.39, 0.29) is 11.7 Å². The van der Waals surface area contributed by atoms with E-state index >= 15 is 0 Å². The Kier molecular flexibility index (Phi) is 4.09. The van der Waals surface area contributed by atoms with Crippen molar-refractivity contribution >= 4 is 22.4 Å². The lowest BCUT2D eigenvalue weighted by Gasteiger charge is -2.03. The smallest absolute Gasteiger partial charge is 0.293 e. The van der Waals surface area contributed by atoms with Crippen molar-refractivity contribution in [3.8, 4) is 0 Å². The summed E-state index contributed by atoms with van der Waals surface area (Å²) in [5, 5.41) is 12.2. The zero-order chi connectivity index (χ0) is 13.0. The molecule has 96 valence electrons. The quantitative estimate of drug-likeness (QED) is 0.900. The molecule has 0 aromatic carbocycles. The van der Waals surface area contributed by atoms with Crippen molar-refractivity contribution in [2.24, 2.45) is 0 Å². The fraction of sp³-hybridized carbons (Fsp3) is 0.417. The molecule has 0 fully saturated rings. The van der Waals surface area contributed by atoms with Gasteiger partial charge in [-0.15, -0.1) is 10.2 Å². The van der Waals surface area contributed by atoms with Crippen LogP contribution in [0.1, 0.15) is 48.2 Å². The molecular weight excluding hydrogens is 250 g/mol. The number of furan rings is 1. The van der Waals surface area contributed by atoms with Crippen LogP contribution < -0.4 is 5.32 Å². The van der Waals surface area contributed by atoms with Gasteiger partial charge in [0.05, 0.1) is 6.26 Å². The molecule has 2 heterocycles. The lowest BCUT2D eigenvalue weighted by atomic mass is 10.1. The van der Waals surface area contributed by atoms with Crippen LogP contribution >= 0.6 is 11.3 Å². The van der Waals surface area contributed by atoms with Crippen molar-refractivity contribution in [3.05, 3.63) is 29.2 Å². The minimum atomic E-state index is -0.300. The highest BCUT2D eigenvalue weighted by molar-refractivity contribution is 7.15. The van der Waals surface area contributed by atoms with E-state index in [1.54, 1.807) is 12.1 Å². The van der Waals surface area contributed by atoms with E-state index in [2.05, 4.69) is 29.4 Å². The SMILES string of the molecule is CCC[C@@H](C)c1nnc(NC(=O)c2ccco2)s1. The zero-order valence-electron chi connectivity index (χ0n) is 10.3. The molecule has 2 aromatic rings. The van der Waals surface area contributed by atoms with Crippen LogP contribution in [0.5, 0.6) is 0 Å². The van der Waals surface area contributed by atoms with Crippen LogP contribution in [0.25, 0.3) is 0 Å². The Morgan fingerprint density at radius 1 is 1.56 bits per heavy atom. The normalized spacial score (nSPS) is 12.3. The van der Waals surface area contributed by atoms with Gasteiger partial charge in [-0.25, -0.2) is 0 Å². The molecule has 2 rings (SSSR count). The van der Waals surface area contributed by atoms with Crippen LogP contribution in [-0.2, 0) is 0 Å². The van der Waals surface area contributed by atoms with E-state index in [1.807, 2.05) is 0 Å². The highest BCUT2D eigenvalue weighted by atomic mass is 32.1. The summed E-state index contributed by atoms with van der Waals surface area (Å²) in [7, 11) is 0. The third kappa shape index (κ3) is 2.95. The summed E-state index contributed by atoms with van der Waals surface area (Å²) in [5.41, 5.74) is 0. The molecule has 0 bridgehead atoms. The molecule has 0 aliphatic carbocycles. The first-order valence-electron chi connectivity index (χ1n) is 5.89. The second-order valence-corrected chi connectivity index (χ2v) is 5.08. The number of rotatable bonds is 5. The molecule has 6 heteroatoms. The summed E-state index contributed by atoms with van der Waals surface area (Å²) in [6, 6.07) is 3.28. The van der Waals surface area contributed by atoms with Crippen molar-refractivity contribution in [2.75, 3.05) is 5.32 Å². The number of anilines is 1. The largest absolute Gasteiger partial charge is 0.459 e. The molecule has 5 nitrogen and oxygen atoms in total. The molecule has 0 aliphatic heterocycles. The number of nitrogens with zero attached hydrogens (tertiary/aromatic N) is 2. The van der Waals surface area contributed by atoms with E-state index in [0.717, 1.165) is 17.8 Å². The predicted octanol–water partition coefficient (Wildman–Crippen LogP) is 3.29. The predicted molar refractivity (Wildman–Crippen MR) is 69.9 cm³/mol. The number of hydrogen-bond donors (Lipinski definition) is 1. The number of amides is 1. The maximum atomic E-state index is 11.7. The molecule has 1 amide bonds. The lowest BCUT2D eigenvalue weighted by molar-refractivity contribution is 0.0996. The number of carbonyl (C=O) groups excluding carboxylic acids is 1. The number of hydrogen-bond acceptors (Lipinski definition) is 5. The van der Waals surface area contributed by atoms with Crippen LogP contribution in [0.4, 0.5) is 5.13 Å². The number of nitrogens with one attached hydrogen (secondary N) is 1. The van der Waals surface area contributed by atoms with Crippen LogP contribution in [0, 0.1) is 0 Å². The van der Waals surface area contributed by atoms with Gasteiger partial charge in [-0.3, -0.25) is 10.1 Å². The number of aromatic nitrogens is 2. The van der Waals surface area contributed by atoms with Crippen LogP contribution in [0.15, 0.2) is 22.8 Å². The highest BCUT2D eigenvalue weighted by Gasteiger charge is 2.14. The van der Waals surface area contributed by atoms with Crippen LogP contribution in [0.3, 0.4) is 0 Å². The van der Waals surface area contributed by atoms with Crippen LogP contribution in [-0.4, -0.2) is 16.1 Å². The Morgan fingerprint density at radius 2 is 2.39 bits per heavy atom. The molecule has 0 aliphatic rings. The summed E-state index contributed by atoms with van der Waals surface area (Å²) >= 11 is 1.41. The van der Waals surface area contributed by atoms with Crippen molar-refractivity contribution in [1.82, 2.24) is 10.2 Å². The van der Waals surface area contributed by atoms with Gasteiger partial charge in [0, 0.05) is 5.92 Å². The Balaban J connectivity index is 2.00. The van der Waals surface area contributed by atoms with E-state index in [9.17, 15) is 4.79 Å². The van der Waals surface area contributed by atoms with E-state index < -0.39 is 0 Å². The monoisotopic (exact) mass is 265 g/mol. The first kappa shape index (κ1) is 12.8. The Bertz CT molecular complexity index is 507. The second-order valence-electron chi connectivity index (χ2n) is 4.07. The fourth-order valence-electron chi connectivity index (χ4n) is 1.61. The minimum Gasteiger partial charge on any atom is -0.459 e. The molecule has 0 saturated carbocycles. The molecule has 1 N–H and O–H groups in total. The minimum absolute atomic E-state index is 0.272. The number of carbonyl (C=O) groups is 1. The van der Waals surface area contributed by atoms with Crippen molar-refractivity contribution in [1.29, 1.82) is 0 Å². The zero-order valence-corrected chi connectivity index (χ0v) is 11.2. The van der Waals surface area contributed by atoms with Gasteiger partial charge in [0.2, 0.25) is 5.13 Å². The molecule has 0 spiro atoms. The van der Waals surface area contributed by atoms with Crippen molar-refractivity contribution in [2.45, 2.75) is 32.6 Å². The molecule has 1 atom stereocenters. The van der Waals surface area contributed by atoms with Gasteiger partial charge in [-0.2, -0.15) is 0 Å². The third-order valence-electron chi connectivity index (χ3n) is 2.55. The topological polar surface area (TPSA) is 68.0 Å². The molecule has 0 radical (unpaired) electrons. The lowest BCUT2D eigenvalue weighted by Crippen LogP contribution is -2.10. The average Bonchev–Trinajstić information content (AvgIpc) is 2.99. The van der Waals surface area contributed by atoms with Crippen LogP contribution in [0.2, 0.25) is 0 Å². The van der Waals surface area contributed by atoms with E-state index in [0.29, 0.717) is 11.0 Å². The summed E-state index contributed by atoms with van der Waals surface area (Å²) in [6.07, 6.45) is 3.64. The van der Waals surface area contributed by atoms with Crippen molar-refractivity contribution in [3.63, 3.8) is 0 Å². The maximum absolute atomic E-state index is 11.7. The van der Waals surface area contributed by atoms with Gasteiger partial charge in [0.25, 0.3) is 5.91 Å². The summed E-state index contributed by atoms with van der Waals surface area (Å²) < 4.78 is 5.00. The molecule has 18 heavy (non-hydrogen) atoms. The standard InChI is InChI=1S/C12H15N3O2S/c1-3-5-8(2)11-14-15-12(18-11)13-10(16)9-6-4-7-17-9/h4,6-8H,3,5H2,1-2H3,(H,13,15,16)/t8-/m1/s1. The summed E-state index contributed by atoms with van der Waals surface area (Å²) in [4.78, 5) is 11.7. The Labute approximate surface area is 109 Å². The first-order chi connectivity index (χ1) is 8.70. The summed E-state index contributed by atoms with van der Waals surface area (Å²) in [5.74, 6) is 0.348. The van der Waals surface area contributed by atoms with Gasteiger partial charge in [-0.1, -0.05) is 31.6 Å². The van der Waals surface area contributed by atoms with Gasteiger partial charge in [0.15, 0.2) is 5.76 Å². The third-order valence-corrected chi connectivity index (χ3v) is 3.62. The van der Waals surface area contributed by atoms with Gasteiger partial charge < -0.3 is 4.42 Å². The Morgan fingerprint density at radius 3 is 3.06 bits per heavy atom. The second kappa shape index (κ2) is 5.77. The molecule has 0 unspecified atom stereocenters. The van der Waals surface area contributed by atoms with Crippen molar-refractivity contribution < 1.29 is 9.21 Å². The average molecular weight is 265 g/mol. The van der Waals surface area contributed by atoms with E-state index in [4.69, 9.17) is 4.42 Å². The maximum Gasteiger partial charge on any atom is 0.293 e. The summed E-state index contributed by atoms with van der Waals surface area (Å²) in [6.45, 7) is 4.25. The van der Waals surface area contributed by atoms with Gasteiger partial charge >= 0.3 is 0 Å². The highest BCUT2D eigenvalue weighted by Crippen LogP contribution is 2.26. The van der Waals surface area contributed by atoms with Gasteiger partial charge in [-0.05, 0) is 18.6 Å². The molecule has 2 aromatic heterocycles. The molecular formula is C12H15N3O2S. The first-order valence-corrected chi connectivity index (χ1v) is 6.70. The molecule has 0 saturated heterocycles. The van der Waals surface area contributed by atoms with Gasteiger partial charge in [0.1, 0.15) is 5.01 Å². The Hall–Kier alpha value is -1.69. The van der Waals surface area contributed by atoms with E-state index in [1.165, 1.54) is 17.6 Å².